The van der Waals surface area contributed by atoms with Gasteiger partial charge in [0.05, 0.1) is 6.54 Å². The molecular formula is C44H54N4O6. The molecule has 0 aliphatic heterocycles. The van der Waals surface area contributed by atoms with E-state index in [9.17, 15) is 24.6 Å². The number of hydrogen-bond donors (Lipinski definition) is 5. The summed E-state index contributed by atoms with van der Waals surface area (Å²) in [6.07, 6.45) is 0.0467. The van der Waals surface area contributed by atoms with E-state index in [4.69, 9.17) is 10.5 Å². The van der Waals surface area contributed by atoms with Crippen molar-refractivity contribution in [2.75, 3.05) is 26.7 Å². The Hall–Kier alpha value is -5.45. The van der Waals surface area contributed by atoms with Crippen LogP contribution >= 0.6 is 0 Å². The van der Waals surface area contributed by atoms with E-state index in [1.165, 1.54) is 5.57 Å². The first-order chi connectivity index (χ1) is 26.0. The molecule has 0 bridgehead atoms. The van der Waals surface area contributed by atoms with Gasteiger partial charge in [0.15, 0.2) is 0 Å². The van der Waals surface area contributed by atoms with E-state index < -0.39 is 30.0 Å². The lowest BCUT2D eigenvalue weighted by Gasteiger charge is -2.24. The number of hydrogen-bond acceptors (Lipinski definition) is 7. The fourth-order valence-electron chi connectivity index (χ4n) is 6.21. The van der Waals surface area contributed by atoms with Crippen LogP contribution in [0, 0.1) is 5.92 Å². The third kappa shape index (κ3) is 12.3. The van der Waals surface area contributed by atoms with Crippen molar-refractivity contribution < 1.29 is 29.3 Å². The van der Waals surface area contributed by atoms with Gasteiger partial charge in [-0.2, -0.15) is 0 Å². The number of likely N-dealkylation sites (N-methyl/N-ethyl adjacent to an activating group) is 1. The summed E-state index contributed by atoms with van der Waals surface area (Å²) in [6, 6.07) is 32.9. The Kier molecular flexibility index (Phi) is 15.8. The molecule has 0 aromatic heterocycles. The molecule has 0 fully saturated rings. The molecule has 10 nitrogen and oxygen atoms in total. The summed E-state index contributed by atoms with van der Waals surface area (Å²) in [7, 11) is 1.68. The number of nitrogens with zero attached hydrogens (tertiary/aromatic N) is 1. The maximum absolute atomic E-state index is 13.1. The topological polar surface area (TPSA) is 154 Å². The van der Waals surface area contributed by atoms with E-state index in [1.54, 1.807) is 24.1 Å². The van der Waals surface area contributed by atoms with E-state index in [2.05, 4.69) is 29.7 Å². The summed E-state index contributed by atoms with van der Waals surface area (Å²) in [5, 5.41) is 25.9. The number of aliphatic hydroxyl groups is 1. The number of allylic oxidation sites excluding steroid dienone is 1. The first kappa shape index (κ1) is 41.3. The van der Waals surface area contributed by atoms with Crippen molar-refractivity contribution in [3.05, 3.63) is 131 Å². The first-order valence-electron chi connectivity index (χ1n) is 18.6. The molecule has 0 radical (unpaired) electrons. The number of nitrogens with one attached hydrogen (secondary N) is 2. The van der Waals surface area contributed by atoms with E-state index in [1.807, 2.05) is 98.8 Å². The fraction of sp³-hybridized carbons (Fsp3) is 0.341. The number of phenolic OH excluding ortho intramolecular Hbond substituents is 1. The smallest absolute Gasteiger partial charge is 0.251 e. The van der Waals surface area contributed by atoms with Gasteiger partial charge in [0, 0.05) is 26.1 Å². The quantitative estimate of drug-likeness (QED) is 0.0790. The number of rotatable bonds is 19. The zero-order valence-electron chi connectivity index (χ0n) is 31.7. The van der Waals surface area contributed by atoms with Gasteiger partial charge < -0.3 is 36.2 Å². The fourth-order valence-corrected chi connectivity index (χ4v) is 6.21. The number of carbonyl (C=O) groups is 3. The van der Waals surface area contributed by atoms with E-state index >= 15 is 0 Å². The molecule has 4 aromatic rings. The molecule has 0 spiro atoms. The highest BCUT2D eigenvalue weighted by atomic mass is 16.5. The number of benzene rings is 4. The van der Waals surface area contributed by atoms with E-state index in [0.29, 0.717) is 25.1 Å². The van der Waals surface area contributed by atoms with Gasteiger partial charge in [0.1, 0.15) is 30.3 Å². The standard InChI is InChI=1S/C44H54N4O6/c1-5-37(32-14-10-7-11-15-32)41(33-16-20-35(49)21-17-33)34-18-22-36(23-19-34)54-27-26-48(4)40(50)24-25-46-43(52)39(28-30(2)3)47-44(53)42(51)38(45)29-31-12-8-6-9-13-31/h6-23,30,38-39,42,49,51H,5,24-29,45H2,1-4H3,(H,46,52)(H,47,53)/b41-37-/t38-,39+,42+/m1/s1. The van der Waals surface area contributed by atoms with Gasteiger partial charge in [-0.3, -0.25) is 14.4 Å². The molecule has 0 heterocycles. The molecule has 0 saturated carbocycles. The maximum atomic E-state index is 13.1. The van der Waals surface area contributed by atoms with E-state index in [0.717, 1.165) is 34.2 Å². The molecule has 4 rings (SSSR count). The summed E-state index contributed by atoms with van der Waals surface area (Å²) in [4.78, 5) is 40.3. The molecule has 6 N–H and O–H groups in total. The van der Waals surface area contributed by atoms with Crippen LogP contribution in [0.1, 0.15) is 62.3 Å². The van der Waals surface area contributed by atoms with Crippen LogP contribution < -0.4 is 21.1 Å². The van der Waals surface area contributed by atoms with Crippen molar-refractivity contribution in [2.45, 2.75) is 64.6 Å². The van der Waals surface area contributed by atoms with Gasteiger partial charge in [-0.1, -0.05) is 106 Å². The average Bonchev–Trinajstić information content (AvgIpc) is 3.17. The Morgan fingerprint density at radius 1 is 0.815 bits per heavy atom. The van der Waals surface area contributed by atoms with Gasteiger partial charge in [-0.05, 0) is 82.8 Å². The minimum Gasteiger partial charge on any atom is -0.508 e. The van der Waals surface area contributed by atoms with Crippen LogP contribution in [0.25, 0.3) is 11.1 Å². The normalized spacial score (nSPS) is 13.3. The Morgan fingerprint density at radius 3 is 2.00 bits per heavy atom. The zero-order chi connectivity index (χ0) is 39.0. The summed E-state index contributed by atoms with van der Waals surface area (Å²) >= 11 is 0. The number of aromatic hydroxyl groups is 1. The molecule has 286 valence electrons. The highest BCUT2D eigenvalue weighted by Gasteiger charge is 2.28. The third-order valence-electron chi connectivity index (χ3n) is 9.16. The molecule has 0 aliphatic rings. The second-order valence-corrected chi connectivity index (χ2v) is 13.8. The number of nitrogens with two attached hydrogens (primary N) is 1. The van der Waals surface area contributed by atoms with Crippen LogP contribution in [0.5, 0.6) is 11.5 Å². The monoisotopic (exact) mass is 734 g/mol. The minimum atomic E-state index is -1.49. The van der Waals surface area contributed by atoms with Crippen molar-refractivity contribution in [1.29, 1.82) is 0 Å². The third-order valence-corrected chi connectivity index (χ3v) is 9.16. The van der Waals surface area contributed by atoms with Crippen LogP contribution in [0.2, 0.25) is 0 Å². The highest BCUT2D eigenvalue weighted by molar-refractivity contribution is 5.98. The van der Waals surface area contributed by atoms with Crippen molar-refractivity contribution in [2.24, 2.45) is 11.7 Å². The van der Waals surface area contributed by atoms with E-state index in [-0.39, 0.29) is 37.1 Å². The average molecular weight is 735 g/mol. The number of ether oxygens (including phenoxy) is 1. The lowest BCUT2D eigenvalue weighted by molar-refractivity contribution is -0.135. The van der Waals surface area contributed by atoms with Crippen molar-refractivity contribution in [3.63, 3.8) is 0 Å². The molecule has 4 aromatic carbocycles. The Labute approximate surface area is 319 Å². The molecule has 54 heavy (non-hydrogen) atoms. The number of amides is 3. The van der Waals surface area contributed by atoms with Crippen LogP contribution in [0.15, 0.2) is 109 Å². The van der Waals surface area contributed by atoms with Crippen LogP contribution in [0.3, 0.4) is 0 Å². The van der Waals surface area contributed by atoms with Crippen molar-refractivity contribution in [3.8, 4) is 11.5 Å². The predicted octanol–water partition coefficient (Wildman–Crippen LogP) is 5.57. The summed E-state index contributed by atoms with van der Waals surface area (Å²) in [5.41, 5.74) is 12.4. The first-order valence-corrected chi connectivity index (χ1v) is 18.6. The molecule has 3 atom stereocenters. The van der Waals surface area contributed by atoms with Crippen LogP contribution in [0.4, 0.5) is 0 Å². The molecule has 0 unspecified atom stereocenters. The van der Waals surface area contributed by atoms with Gasteiger partial charge in [-0.25, -0.2) is 0 Å². The minimum absolute atomic E-state index is 0.0669. The number of carbonyl (C=O) groups excluding carboxylic acids is 3. The highest BCUT2D eigenvalue weighted by Crippen LogP contribution is 2.35. The second kappa shape index (κ2) is 20.7. The molecular weight excluding hydrogens is 681 g/mol. The second-order valence-electron chi connectivity index (χ2n) is 13.8. The summed E-state index contributed by atoms with van der Waals surface area (Å²) in [6.45, 7) is 6.70. The Bertz CT molecular complexity index is 1810. The maximum Gasteiger partial charge on any atom is 0.251 e. The zero-order valence-corrected chi connectivity index (χ0v) is 31.7. The van der Waals surface area contributed by atoms with Crippen molar-refractivity contribution in [1.82, 2.24) is 15.5 Å². The lowest BCUT2D eigenvalue weighted by Crippen LogP contribution is -2.54. The number of aliphatic hydroxyl groups excluding tert-OH is 1. The Balaban J connectivity index is 1.27. The van der Waals surface area contributed by atoms with Gasteiger partial charge in [-0.15, -0.1) is 0 Å². The van der Waals surface area contributed by atoms with Crippen molar-refractivity contribution >= 4 is 28.9 Å². The summed E-state index contributed by atoms with van der Waals surface area (Å²) in [5.74, 6) is -0.349. The molecule has 0 aliphatic carbocycles. The van der Waals surface area contributed by atoms with Crippen LogP contribution in [-0.4, -0.2) is 77.8 Å². The lowest BCUT2D eigenvalue weighted by atomic mass is 9.88. The SMILES string of the molecule is CC/C(=C(\c1ccc(O)cc1)c1ccc(OCCN(C)C(=O)CCNC(=O)[C@H](CC(C)C)NC(=O)[C@@H](O)[C@H](N)Cc2ccccc2)cc1)c1ccccc1. The predicted molar refractivity (Wildman–Crippen MR) is 213 cm³/mol. The van der Waals surface area contributed by atoms with Gasteiger partial charge in [0.2, 0.25) is 11.8 Å². The summed E-state index contributed by atoms with van der Waals surface area (Å²) < 4.78 is 5.99. The number of phenols is 1. The largest absolute Gasteiger partial charge is 0.508 e. The Morgan fingerprint density at radius 2 is 1.41 bits per heavy atom. The van der Waals surface area contributed by atoms with Gasteiger partial charge in [0.25, 0.3) is 5.91 Å². The molecule has 10 heteroatoms. The van der Waals surface area contributed by atoms with Crippen LogP contribution in [-0.2, 0) is 20.8 Å². The molecule has 3 amide bonds. The molecule has 0 saturated heterocycles. The van der Waals surface area contributed by atoms with Gasteiger partial charge >= 0.3 is 0 Å².